The summed E-state index contributed by atoms with van der Waals surface area (Å²) in [4.78, 5) is 14.4. The highest BCUT2D eigenvalue weighted by molar-refractivity contribution is 7.89. The van der Waals surface area contributed by atoms with Crippen LogP contribution in [-0.2, 0) is 16.6 Å². The van der Waals surface area contributed by atoms with Crippen molar-refractivity contribution in [2.75, 3.05) is 6.54 Å². The zero-order valence-electron chi connectivity index (χ0n) is 18.6. The molecule has 0 atom stereocenters. The van der Waals surface area contributed by atoms with Crippen molar-refractivity contribution in [1.29, 1.82) is 0 Å². The minimum atomic E-state index is -3.89. The number of hydrogen-bond donors (Lipinski definition) is 3. The molecule has 1 amide bonds. The van der Waals surface area contributed by atoms with E-state index in [2.05, 4.69) is 5.16 Å². The van der Waals surface area contributed by atoms with E-state index in [1.54, 1.807) is 65.6 Å². The number of amides is 1. The predicted molar refractivity (Wildman–Crippen MR) is 129 cm³/mol. The molecule has 0 radical (unpaired) electrons. The van der Waals surface area contributed by atoms with Crippen LogP contribution < -0.4 is 15.6 Å². The van der Waals surface area contributed by atoms with Gasteiger partial charge in [0, 0.05) is 24.2 Å². The van der Waals surface area contributed by atoms with E-state index < -0.39 is 16.1 Å². The van der Waals surface area contributed by atoms with Crippen LogP contribution >= 0.6 is 0 Å². The number of primary sulfonamides is 1. The fourth-order valence-corrected chi connectivity index (χ4v) is 4.19. The summed E-state index contributed by atoms with van der Waals surface area (Å²) in [6.07, 6.45) is 0.187. The topological polar surface area (TPSA) is 148 Å². The van der Waals surface area contributed by atoms with Gasteiger partial charge >= 0.3 is 6.09 Å². The molecule has 5 N–H and O–H groups in total. The zero-order valence-corrected chi connectivity index (χ0v) is 19.4. The highest BCUT2D eigenvalue weighted by atomic mass is 32.2. The standard InChI is InChI=1S/C24H26N4O5S/c1-2-14-28(16-17-6-5-7-19(15-17)23(25)27-30)24(29)33-20-12-10-18(11-13-20)21-8-3-4-9-22(21)34(26,31)32/h3-13,15,30H,2,14,16H2,1H3,(H2,25,27)(H2,26,31,32). The third kappa shape index (κ3) is 6.12. The van der Waals surface area contributed by atoms with Crippen molar-refractivity contribution < 1.29 is 23.2 Å². The van der Waals surface area contributed by atoms with Gasteiger partial charge in [0.05, 0.1) is 4.90 Å². The summed E-state index contributed by atoms with van der Waals surface area (Å²) in [7, 11) is -3.89. The Hall–Kier alpha value is -3.89. The molecule has 0 unspecified atom stereocenters. The lowest BCUT2D eigenvalue weighted by atomic mass is 10.1. The van der Waals surface area contributed by atoms with Crippen LogP contribution in [0.4, 0.5) is 4.79 Å². The quantitative estimate of drug-likeness (QED) is 0.194. The van der Waals surface area contributed by atoms with E-state index in [9.17, 15) is 13.2 Å². The van der Waals surface area contributed by atoms with Gasteiger partial charge in [-0.3, -0.25) is 0 Å². The summed E-state index contributed by atoms with van der Waals surface area (Å²) in [6, 6.07) is 20.0. The summed E-state index contributed by atoms with van der Waals surface area (Å²) in [5.41, 5.74) is 8.07. The van der Waals surface area contributed by atoms with Crippen molar-refractivity contribution in [2.45, 2.75) is 24.8 Å². The molecule has 0 saturated carbocycles. The fraction of sp³-hybridized carbons (Fsp3) is 0.167. The molecule has 0 aromatic heterocycles. The van der Waals surface area contributed by atoms with E-state index in [1.807, 2.05) is 13.0 Å². The van der Waals surface area contributed by atoms with Crippen LogP contribution in [0.2, 0.25) is 0 Å². The Labute approximate surface area is 198 Å². The first kappa shape index (κ1) is 24.7. The number of hydrogen-bond acceptors (Lipinski definition) is 6. The van der Waals surface area contributed by atoms with Gasteiger partial charge in [0.1, 0.15) is 5.75 Å². The third-order valence-corrected chi connectivity index (χ3v) is 5.99. The van der Waals surface area contributed by atoms with Crippen molar-refractivity contribution in [2.24, 2.45) is 16.0 Å². The number of carbonyl (C=O) groups is 1. The maximum atomic E-state index is 12.8. The van der Waals surface area contributed by atoms with E-state index in [0.717, 1.165) is 12.0 Å². The highest BCUT2D eigenvalue weighted by Crippen LogP contribution is 2.28. The summed E-state index contributed by atoms with van der Waals surface area (Å²) < 4.78 is 29.3. The second kappa shape index (κ2) is 10.8. The first-order valence-corrected chi connectivity index (χ1v) is 12.0. The van der Waals surface area contributed by atoms with Gasteiger partial charge < -0.3 is 20.6 Å². The van der Waals surface area contributed by atoms with Gasteiger partial charge in [-0.05, 0) is 41.8 Å². The van der Waals surface area contributed by atoms with Crippen molar-refractivity contribution in [3.8, 4) is 16.9 Å². The Morgan fingerprint density at radius 3 is 2.41 bits per heavy atom. The van der Waals surface area contributed by atoms with Gasteiger partial charge in [0.15, 0.2) is 5.84 Å². The molecule has 178 valence electrons. The summed E-state index contributed by atoms with van der Waals surface area (Å²) in [5.74, 6) is 0.295. The van der Waals surface area contributed by atoms with E-state index in [4.69, 9.17) is 20.8 Å². The van der Waals surface area contributed by atoms with Crippen LogP contribution in [0.3, 0.4) is 0 Å². The number of sulfonamides is 1. The molecule has 9 nitrogen and oxygen atoms in total. The lowest BCUT2D eigenvalue weighted by Gasteiger charge is -2.22. The number of nitrogens with zero attached hydrogens (tertiary/aromatic N) is 2. The van der Waals surface area contributed by atoms with Crippen LogP contribution in [0.25, 0.3) is 11.1 Å². The van der Waals surface area contributed by atoms with Gasteiger partial charge in [-0.25, -0.2) is 18.4 Å². The first-order valence-electron chi connectivity index (χ1n) is 10.5. The van der Waals surface area contributed by atoms with Crippen LogP contribution in [0.15, 0.2) is 82.8 Å². The van der Waals surface area contributed by atoms with E-state index in [0.29, 0.717) is 29.0 Å². The van der Waals surface area contributed by atoms with E-state index >= 15 is 0 Å². The van der Waals surface area contributed by atoms with Crippen LogP contribution in [0.5, 0.6) is 5.75 Å². The van der Waals surface area contributed by atoms with Gasteiger partial charge in [-0.15, -0.1) is 0 Å². The molecule has 0 heterocycles. The van der Waals surface area contributed by atoms with Crippen molar-refractivity contribution in [3.63, 3.8) is 0 Å². The maximum Gasteiger partial charge on any atom is 0.415 e. The second-order valence-corrected chi connectivity index (χ2v) is 9.07. The molecular formula is C24H26N4O5S. The Morgan fingerprint density at radius 2 is 1.76 bits per heavy atom. The van der Waals surface area contributed by atoms with E-state index in [1.165, 1.54) is 6.07 Å². The third-order valence-electron chi connectivity index (χ3n) is 5.02. The Balaban J connectivity index is 1.76. The zero-order chi connectivity index (χ0) is 24.7. The average molecular weight is 483 g/mol. The smallest absolute Gasteiger partial charge is 0.410 e. The number of carbonyl (C=O) groups excluding carboxylic acids is 1. The van der Waals surface area contributed by atoms with Crippen LogP contribution in [0.1, 0.15) is 24.5 Å². The van der Waals surface area contributed by atoms with Crippen molar-refractivity contribution in [1.82, 2.24) is 4.90 Å². The summed E-state index contributed by atoms with van der Waals surface area (Å²) >= 11 is 0. The molecule has 3 rings (SSSR count). The van der Waals surface area contributed by atoms with Gasteiger partial charge in [-0.1, -0.05) is 60.6 Å². The summed E-state index contributed by atoms with van der Waals surface area (Å²) in [6.45, 7) is 2.69. The Bertz CT molecular complexity index is 1290. The molecule has 0 aliphatic heterocycles. The number of ether oxygens (including phenoxy) is 1. The average Bonchev–Trinajstić information content (AvgIpc) is 2.83. The highest BCUT2D eigenvalue weighted by Gasteiger charge is 2.18. The molecule has 3 aromatic carbocycles. The molecule has 0 fully saturated rings. The van der Waals surface area contributed by atoms with E-state index in [-0.39, 0.29) is 17.3 Å². The number of amidine groups is 1. The molecule has 0 bridgehead atoms. The molecule has 0 aliphatic rings. The number of nitrogens with two attached hydrogens (primary N) is 2. The van der Waals surface area contributed by atoms with Crippen LogP contribution in [0, 0.1) is 0 Å². The predicted octanol–water partition coefficient (Wildman–Crippen LogP) is 3.51. The minimum Gasteiger partial charge on any atom is -0.410 e. The number of benzene rings is 3. The molecule has 0 saturated heterocycles. The summed E-state index contributed by atoms with van der Waals surface area (Å²) in [5, 5.41) is 17.2. The van der Waals surface area contributed by atoms with Gasteiger partial charge in [0.25, 0.3) is 0 Å². The number of rotatable bonds is 8. The lowest BCUT2D eigenvalue weighted by molar-refractivity contribution is 0.149. The van der Waals surface area contributed by atoms with Crippen LogP contribution in [-0.4, -0.2) is 37.0 Å². The van der Waals surface area contributed by atoms with Gasteiger partial charge in [0.2, 0.25) is 10.0 Å². The Morgan fingerprint density at radius 1 is 1.06 bits per heavy atom. The normalized spacial score (nSPS) is 11.8. The maximum absolute atomic E-state index is 12.8. The van der Waals surface area contributed by atoms with Gasteiger partial charge in [-0.2, -0.15) is 0 Å². The fourth-order valence-electron chi connectivity index (χ4n) is 3.43. The molecule has 3 aromatic rings. The van der Waals surface area contributed by atoms with Crippen molar-refractivity contribution in [3.05, 3.63) is 83.9 Å². The monoisotopic (exact) mass is 482 g/mol. The minimum absolute atomic E-state index is 0.0166. The molecule has 0 spiro atoms. The molecule has 34 heavy (non-hydrogen) atoms. The second-order valence-electron chi connectivity index (χ2n) is 7.54. The molecular weight excluding hydrogens is 456 g/mol. The van der Waals surface area contributed by atoms with Crippen molar-refractivity contribution >= 4 is 22.0 Å². The SMILES string of the molecule is CCCN(Cc1cccc(C(N)=NO)c1)C(=O)Oc1ccc(-c2ccccc2S(N)(=O)=O)cc1. The Kier molecular flexibility index (Phi) is 7.87. The molecule has 10 heteroatoms. The first-order chi connectivity index (χ1) is 16.2. The lowest BCUT2D eigenvalue weighted by Crippen LogP contribution is -2.33. The number of oxime groups is 1. The largest absolute Gasteiger partial charge is 0.415 e. The molecule has 0 aliphatic carbocycles.